The lowest BCUT2D eigenvalue weighted by molar-refractivity contribution is 0.100. The Morgan fingerprint density at radius 2 is 2.18 bits per heavy atom. The molecule has 0 unspecified atom stereocenters. The highest BCUT2D eigenvalue weighted by molar-refractivity contribution is 5.97. The second-order valence-corrected chi connectivity index (χ2v) is 5.30. The zero-order valence-corrected chi connectivity index (χ0v) is 13.0. The topological polar surface area (TPSA) is 111 Å². The van der Waals surface area contributed by atoms with Crippen LogP contribution in [0.25, 0.3) is 0 Å². The van der Waals surface area contributed by atoms with E-state index in [9.17, 15) is 4.79 Å². The first-order chi connectivity index (χ1) is 10.5. The second-order valence-electron chi connectivity index (χ2n) is 5.30. The van der Waals surface area contributed by atoms with Crippen LogP contribution in [0.2, 0.25) is 0 Å². The molecule has 4 N–H and O–H groups in total. The highest BCUT2D eigenvalue weighted by Crippen LogP contribution is 2.17. The summed E-state index contributed by atoms with van der Waals surface area (Å²) >= 11 is 0. The SMILES string of the molecule is CCn1cc(Nc2ncc(C(N)=O)c(NCC(C)C)n2)cn1. The summed E-state index contributed by atoms with van der Waals surface area (Å²) in [5, 5.41) is 10.3. The molecule has 0 saturated heterocycles. The van der Waals surface area contributed by atoms with E-state index in [-0.39, 0.29) is 5.56 Å². The molecule has 2 aromatic rings. The predicted octanol–water partition coefficient (Wildman–Crippen LogP) is 1.60. The third-order valence-corrected chi connectivity index (χ3v) is 2.95. The van der Waals surface area contributed by atoms with Gasteiger partial charge in [-0.25, -0.2) is 4.98 Å². The minimum atomic E-state index is -0.559. The Morgan fingerprint density at radius 3 is 2.77 bits per heavy atom. The van der Waals surface area contributed by atoms with Crippen molar-refractivity contribution >= 4 is 23.4 Å². The van der Waals surface area contributed by atoms with Gasteiger partial charge in [0.1, 0.15) is 5.82 Å². The first kappa shape index (κ1) is 15.7. The largest absolute Gasteiger partial charge is 0.369 e. The van der Waals surface area contributed by atoms with Crippen LogP contribution in [0, 0.1) is 5.92 Å². The average molecular weight is 303 g/mol. The molecule has 0 aliphatic rings. The normalized spacial score (nSPS) is 10.7. The molecule has 0 fully saturated rings. The van der Waals surface area contributed by atoms with E-state index in [1.54, 1.807) is 10.9 Å². The zero-order chi connectivity index (χ0) is 16.1. The Kier molecular flexibility index (Phi) is 4.92. The van der Waals surface area contributed by atoms with Gasteiger partial charge >= 0.3 is 0 Å². The lowest BCUT2D eigenvalue weighted by atomic mass is 10.2. The molecule has 1 amide bonds. The molecule has 0 aromatic carbocycles. The molecule has 0 spiro atoms. The maximum absolute atomic E-state index is 11.4. The molecule has 2 rings (SSSR count). The quantitative estimate of drug-likeness (QED) is 0.716. The van der Waals surface area contributed by atoms with Crippen LogP contribution in [0.1, 0.15) is 31.1 Å². The van der Waals surface area contributed by atoms with E-state index >= 15 is 0 Å². The number of nitrogens with two attached hydrogens (primary N) is 1. The number of aryl methyl sites for hydroxylation is 1. The van der Waals surface area contributed by atoms with Gasteiger partial charge in [-0.2, -0.15) is 10.1 Å². The van der Waals surface area contributed by atoms with E-state index in [1.165, 1.54) is 6.20 Å². The smallest absolute Gasteiger partial charge is 0.254 e. The van der Waals surface area contributed by atoms with E-state index < -0.39 is 5.91 Å². The minimum absolute atomic E-state index is 0.274. The third kappa shape index (κ3) is 3.94. The van der Waals surface area contributed by atoms with Crippen molar-refractivity contribution in [2.75, 3.05) is 17.2 Å². The monoisotopic (exact) mass is 303 g/mol. The first-order valence-corrected chi connectivity index (χ1v) is 7.19. The molecule has 2 aromatic heterocycles. The number of amides is 1. The molecular weight excluding hydrogens is 282 g/mol. The number of carbonyl (C=O) groups is 1. The number of rotatable bonds is 7. The molecule has 0 radical (unpaired) electrons. The fourth-order valence-electron chi connectivity index (χ4n) is 1.79. The summed E-state index contributed by atoms with van der Waals surface area (Å²) in [6, 6.07) is 0. The Labute approximate surface area is 129 Å². The van der Waals surface area contributed by atoms with Crippen LogP contribution in [-0.2, 0) is 6.54 Å². The Hall–Kier alpha value is -2.64. The molecule has 0 atom stereocenters. The van der Waals surface area contributed by atoms with Gasteiger partial charge in [-0.3, -0.25) is 9.48 Å². The van der Waals surface area contributed by atoms with Crippen molar-refractivity contribution in [2.45, 2.75) is 27.3 Å². The first-order valence-electron chi connectivity index (χ1n) is 7.19. The van der Waals surface area contributed by atoms with Gasteiger partial charge in [-0.15, -0.1) is 0 Å². The van der Waals surface area contributed by atoms with Gasteiger partial charge in [-0.05, 0) is 12.8 Å². The van der Waals surface area contributed by atoms with Gasteiger partial charge in [0.15, 0.2) is 0 Å². The van der Waals surface area contributed by atoms with Crippen molar-refractivity contribution in [3.8, 4) is 0 Å². The summed E-state index contributed by atoms with van der Waals surface area (Å²) in [7, 11) is 0. The van der Waals surface area contributed by atoms with Gasteiger partial charge in [0.05, 0.1) is 17.4 Å². The van der Waals surface area contributed by atoms with Gasteiger partial charge in [-0.1, -0.05) is 13.8 Å². The molecule has 0 aliphatic heterocycles. The summed E-state index contributed by atoms with van der Waals surface area (Å²) in [5.74, 6) is 0.667. The van der Waals surface area contributed by atoms with Crippen molar-refractivity contribution in [2.24, 2.45) is 11.7 Å². The Morgan fingerprint density at radius 1 is 1.41 bits per heavy atom. The van der Waals surface area contributed by atoms with E-state index in [0.717, 1.165) is 12.2 Å². The molecule has 118 valence electrons. The number of nitrogens with zero attached hydrogens (tertiary/aromatic N) is 4. The number of nitrogens with one attached hydrogen (secondary N) is 2. The number of hydrogen-bond donors (Lipinski definition) is 3. The van der Waals surface area contributed by atoms with Crippen LogP contribution in [0.4, 0.5) is 17.5 Å². The van der Waals surface area contributed by atoms with Crippen molar-refractivity contribution in [1.82, 2.24) is 19.7 Å². The molecule has 22 heavy (non-hydrogen) atoms. The highest BCUT2D eigenvalue weighted by Gasteiger charge is 2.12. The number of aromatic nitrogens is 4. The maximum Gasteiger partial charge on any atom is 0.254 e. The summed E-state index contributed by atoms with van der Waals surface area (Å²) < 4.78 is 1.79. The fourth-order valence-corrected chi connectivity index (χ4v) is 1.79. The van der Waals surface area contributed by atoms with Gasteiger partial charge in [0, 0.05) is 25.5 Å². The molecule has 0 bridgehead atoms. The van der Waals surface area contributed by atoms with Gasteiger partial charge in [0.25, 0.3) is 5.91 Å². The second kappa shape index (κ2) is 6.88. The maximum atomic E-state index is 11.4. The summed E-state index contributed by atoms with van der Waals surface area (Å²) in [6.45, 7) is 7.60. The van der Waals surface area contributed by atoms with E-state index in [0.29, 0.717) is 24.2 Å². The average Bonchev–Trinajstić information content (AvgIpc) is 2.92. The van der Waals surface area contributed by atoms with Crippen LogP contribution >= 0.6 is 0 Å². The van der Waals surface area contributed by atoms with Gasteiger partial charge in [0.2, 0.25) is 5.95 Å². The summed E-state index contributed by atoms with van der Waals surface area (Å²) in [6.07, 6.45) is 4.97. The standard InChI is InChI=1S/C14H21N7O/c1-4-21-8-10(6-18-21)19-14-17-7-11(12(15)22)13(20-14)16-5-9(2)3/h6-9H,4-5H2,1-3H3,(H2,15,22)(H2,16,17,19,20). The van der Waals surface area contributed by atoms with Crippen molar-refractivity contribution in [3.63, 3.8) is 0 Å². The zero-order valence-electron chi connectivity index (χ0n) is 13.0. The number of hydrogen-bond acceptors (Lipinski definition) is 6. The van der Waals surface area contributed by atoms with Crippen LogP contribution in [0.15, 0.2) is 18.6 Å². The van der Waals surface area contributed by atoms with Crippen LogP contribution in [-0.4, -0.2) is 32.2 Å². The van der Waals surface area contributed by atoms with E-state index in [2.05, 4.69) is 39.5 Å². The molecule has 8 nitrogen and oxygen atoms in total. The van der Waals surface area contributed by atoms with Crippen LogP contribution < -0.4 is 16.4 Å². The van der Waals surface area contributed by atoms with Crippen molar-refractivity contribution in [1.29, 1.82) is 0 Å². The molecule has 0 aliphatic carbocycles. The Bertz CT molecular complexity index is 650. The minimum Gasteiger partial charge on any atom is -0.369 e. The van der Waals surface area contributed by atoms with Crippen LogP contribution in [0.3, 0.4) is 0 Å². The fraction of sp³-hybridized carbons (Fsp3) is 0.429. The van der Waals surface area contributed by atoms with E-state index in [1.807, 2.05) is 13.1 Å². The summed E-state index contributed by atoms with van der Waals surface area (Å²) in [4.78, 5) is 19.9. The molecular formula is C14H21N7O. The molecule has 2 heterocycles. The highest BCUT2D eigenvalue weighted by atomic mass is 16.1. The Balaban J connectivity index is 2.21. The number of primary amides is 1. The summed E-state index contributed by atoms with van der Waals surface area (Å²) in [5.41, 5.74) is 6.41. The number of carbonyl (C=O) groups excluding carboxylic acids is 1. The predicted molar refractivity (Wildman–Crippen MR) is 85.1 cm³/mol. The number of anilines is 3. The van der Waals surface area contributed by atoms with Crippen molar-refractivity contribution < 1.29 is 4.79 Å². The lowest BCUT2D eigenvalue weighted by Crippen LogP contribution is -2.18. The van der Waals surface area contributed by atoms with Crippen LogP contribution in [0.5, 0.6) is 0 Å². The molecule has 8 heteroatoms. The van der Waals surface area contributed by atoms with Crippen molar-refractivity contribution in [3.05, 3.63) is 24.2 Å². The lowest BCUT2D eigenvalue weighted by Gasteiger charge is -2.12. The third-order valence-electron chi connectivity index (χ3n) is 2.95. The van der Waals surface area contributed by atoms with E-state index in [4.69, 9.17) is 5.73 Å². The van der Waals surface area contributed by atoms with Gasteiger partial charge < -0.3 is 16.4 Å². The molecule has 0 saturated carbocycles.